The van der Waals surface area contributed by atoms with Crippen molar-refractivity contribution in [2.24, 2.45) is 5.92 Å². The minimum Gasteiger partial charge on any atom is -0.496 e. The summed E-state index contributed by atoms with van der Waals surface area (Å²) in [5, 5.41) is 3.49. The predicted molar refractivity (Wildman–Crippen MR) is 74.9 cm³/mol. The number of hydrogen-bond acceptors (Lipinski definition) is 3. The van der Waals surface area contributed by atoms with Crippen LogP contribution in [0.15, 0.2) is 24.3 Å². The quantitative estimate of drug-likeness (QED) is 0.883. The van der Waals surface area contributed by atoms with Gasteiger partial charge in [-0.15, -0.1) is 0 Å². The summed E-state index contributed by atoms with van der Waals surface area (Å²) in [6.07, 6.45) is 0. The van der Waals surface area contributed by atoms with E-state index in [-0.39, 0.29) is 0 Å². The van der Waals surface area contributed by atoms with Crippen molar-refractivity contribution in [1.29, 1.82) is 0 Å². The maximum Gasteiger partial charge on any atom is 0.123 e. The Morgan fingerprint density at radius 3 is 2.89 bits per heavy atom. The minimum absolute atomic E-state index is 0.615. The second-order valence-corrected chi connectivity index (χ2v) is 5.30. The Morgan fingerprint density at radius 1 is 1.39 bits per heavy atom. The lowest BCUT2D eigenvalue weighted by Crippen LogP contribution is -2.52. The Hall–Kier alpha value is -1.06. The highest BCUT2D eigenvalue weighted by atomic mass is 16.5. The Morgan fingerprint density at radius 2 is 2.17 bits per heavy atom. The number of piperazine rings is 1. The van der Waals surface area contributed by atoms with Gasteiger partial charge in [0, 0.05) is 37.8 Å². The van der Waals surface area contributed by atoms with Crippen molar-refractivity contribution in [1.82, 2.24) is 10.2 Å². The first-order valence-corrected chi connectivity index (χ1v) is 6.79. The van der Waals surface area contributed by atoms with Crippen LogP contribution in [0, 0.1) is 5.92 Å². The van der Waals surface area contributed by atoms with Gasteiger partial charge in [-0.05, 0) is 12.0 Å². The molecule has 1 fully saturated rings. The van der Waals surface area contributed by atoms with E-state index in [1.807, 2.05) is 12.1 Å². The normalized spacial score (nSPS) is 21.2. The molecular formula is C15H24N2O. The fourth-order valence-electron chi connectivity index (χ4n) is 2.67. The molecule has 1 aromatic rings. The first-order chi connectivity index (χ1) is 8.72. The number of hydrogen-bond donors (Lipinski definition) is 1. The molecule has 0 bridgehead atoms. The average molecular weight is 248 g/mol. The minimum atomic E-state index is 0.615. The van der Waals surface area contributed by atoms with Gasteiger partial charge in [-0.25, -0.2) is 0 Å². The topological polar surface area (TPSA) is 24.5 Å². The van der Waals surface area contributed by atoms with Gasteiger partial charge in [0.2, 0.25) is 0 Å². The smallest absolute Gasteiger partial charge is 0.123 e. The van der Waals surface area contributed by atoms with Gasteiger partial charge in [0.1, 0.15) is 5.75 Å². The molecule has 0 amide bonds. The van der Waals surface area contributed by atoms with E-state index in [1.165, 1.54) is 5.56 Å². The van der Waals surface area contributed by atoms with E-state index >= 15 is 0 Å². The molecule has 100 valence electrons. The molecule has 3 heteroatoms. The highest BCUT2D eigenvalue weighted by Gasteiger charge is 2.25. The van der Waals surface area contributed by atoms with Crippen molar-refractivity contribution in [3.63, 3.8) is 0 Å². The Labute approximate surface area is 110 Å². The molecule has 1 unspecified atom stereocenters. The van der Waals surface area contributed by atoms with Crippen molar-refractivity contribution in [2.75, 3.05) is 26.7 Å². The molecule has 1 atom stereocenters. The van der Waals surface area contributed by atoms with E-state index in [9.17, 15) is 0 Å². The van der Waals surface area contributed by atoms with Gasteiger partial charge in [0.05, 0.1) is 7.11 Å². The number of benzene rings is 1. The van der Waals surface area contributed by atoms with Crippen LogP contribution in [0.4, 0.5) is 0 Å². The fourth-order valence-corrected chi connectivity index (χ4v) is 2.67. The summed E-state index contributed by atoms with van der Waals surface area (Å²) in [6.45, 7) is 8.86. The largest absolute Gasteiger partial charge is 0.496 e. The lowest BCUT2D eigenvalue weighted by atomic mass is 9.99. The summed E-state index contributed by atoms with van der Waals surface area (Å²) >= 11 is 0. The first-order valence-electron chi connectivity index (χ1n) is 6.79. The van der Waals surface area contributed by atoms with Crippen LogP contribution in [-0.4, -0.2) is 37.7 Å². The molecule has 0 aromatic heterocycles. The molecule has 1 N–H and O–H groups in total. The number of nitrogens with zero attached hydrogens (tertiary/aromatic N) is 1. The average Bonchev–Trinajstić information content (AvgIpc) is 2.40. The molecule has 1 aromatic carbocycles. The zero-order valence-corrected chi connectivity index (χ0v) is 11.6. The highest BCUT2D eigenvalue weighted by molar-refractivity contribution is 5.33. The van der Waals surface area contributed by atoms with Crippen molar-refractivity contribution >= 4 is 0 Å². The molecule has 3 nitrogen and oxygen atoms in total. The van der Waals surface area contributed by atoms with Crippen molar-refractivity contribution in [2.45, 2.75) is 26.4 Å². The van der Waals surface area contributed by atoms with Crippen LogP contribution in [-0.2, 0) is 6.54 Å². The SMILES string of the molecule is COc1ccccc1CN1CCNCC1C(C)C. The molecule has 0 saturated carbocycles. The maximum absolute atomic E-state index is 5.44. The number of para-hydroxylation sites is 1. The lowest BCUT2D eigenvalue weighted by molar-refractivity contribution is 0.116. The van der Waals surface area contributed by atoms with E-state index < -0.39 is 0 Å². The molecule has 18 heavy (non-hydrogen) atoms. The maximum atomic E-state index is 5.44. The number of nitrogens with one attached hydrogen (secondary N) is 1. The zero-order chi connectivity index (χ0) is 13.0. The fraction of sp³-hybridized carbons (Fsp3) is 0.600. The second kappa shape index (κ2) is 6.21. The van der Waals surface area contributed by atoms with E-state index in [4.69, 9.17) is 4.74 Å². The monoisotopic (exact) mass is 248 g/mol. The third-order valence-electron chi connectivity index (χ3n) is 3.73. The first kappa shape index (κ1) is 13.4. The summed E-state index contributed by atoms with van der Waals surface area (Å²) in [5.41, 5.74) is 1.28. The van der Waals surface area contributed by atoms with Crippen LogP contribution in [0.1, 0.15) is 19.4 Å². The molecule has 1 aliphatic heterocycles. The summed E-state index contributed by atoms with van der Waals surface area (Å²) in [5.74, 6) is 1.67. The highest BCUT2D eigenvalue weighted by Crippen LogP contribution is 2.22. The van der Waals surface area contributed by atoms with Crippen molar-refractivity contribution < 1.29 is 4.74 Å². The van der Waals surface area contributed by atoms with Crippen LogP contribution in [0.5, 0.6) is 5.75 Å². The van der Waals surface area contributed by atoms with Gasteiger partial charge in [0.15, 0.2) is 0 Å². The molecular weight excluding hydrogens is 224 g/mol. The third-order valence-corrected chi connectivity index (χ3v) is 3.73. The van der Waals surface area contributed by atoms with Crippen molar-refractivity contribution in [3.05, 3.63) is 29.8 Å². The molecule has 1 aliphatic rings. The van der Waals surface area contributed by atoms with Crippen LogP contribution in [0.25, 0.3) is 0 Å². The predicted octanol–water partition coefficient (Wildman–Crippen LogP) is 2.12. The van der Waals surface area contributed by atoms with E-state index in [0.29, 0.717) is 12.0 Å². The zero-order valence-electron chi connectivity index (χ0n) is 11.6. The lowest BCUT2D eigenvalue weighted by Gasteiger charge is -2.38. The second-order valence-electron chi connectivity index (χ2n) is 5.30. The Balaban J connectivity index is 2.11. The third kappa shape index (κ3) is 3.03. The van der Waals surface area contributed by atoms with Crippen molar-refractivity contribution in [3.8, 4) is 5.75 Å². The molecule has 1 saturated heterocycles. The number of ether oxygens (including phenoxy) is 1. The van der Waals surface area contributed by atoms with Gasteiger partial charge >= 0.3 is 0 Å². The molecule has 0 aliphatic carbocycles. The molecule has 0 radical (unpaired) electrons. The summed E-state index contributed by atoms with van der Waals surface area (Å²) in [4.78, 5) is 2.57. The molecule has 0 spiro atoms. The van der Waals surface area contributed by atoms with Gasteiger partial charge in [-0.3, -0.25) is 4.90 Å². The van der Waals surface area contributed by atoms with Crippen LogP contribution < -0.4 is 10.1 Å². The van der Waals surface area contributed by atoms with E-state index in [2.05, 4.69) is 36.2 Å². The van der Waals surface area contributed by atoms with E-state index in [1.54, 1.807) is 7.11 Å². The van der Waals surface area contributed by atoms with Gasteiger partial charge < -0.3 is 10.1 Å². The molecule has 2 rings (SSSR count). The van der Waals surface area contributed by atoms with Crippen LogP contribution in [0.3, 0.4) is 0 Å². The van der Waals surface area contributed by atoms with E-state index in [0.717, 1.165) is 31.9 Å². The van der Waals surface area contributed by atoms with Crippen LogP contribution >= 0.6 is 0 Å². The summed E-state index contributed by atoms with van der Waals surface area (Å²) in [6, 6.07) is 8.94. The Bertz CT molecular complexity index is 379. The Kier molecular flexibility index (Phi) is 4.61. The van der Waals surface area contributed by atoms with Gasteiger partial charge in [-0.1, -0.05) is 32.0 Å². The number of methoxy groups -OCH3 is 1. The molecule has 1 heterocycles. The summed E-state index contributed by atoms with van der Waals surface area (Å²) in [7, 11) is 1.75. The van der Waals surface area contributed by atoms with Gasteiger partial charge in [0.25, 0.3) is 0 Å². The number of rotatable bonds is 4. The van der Waals surface area contributed by atoms with Crippen LogP contribution in [0.2, 0.25) is 0 Å². The summed E-state index contributed by atoms with van der Waals surface area (Å²) < 4.78 is 5.44. The standard InChI is InChI=1S/C15H24N2O/c1-12(2)14-10-16-8-9-17(14)11-13-6-4-5-7-15(13)18-3/h4-7,12,14,16H,8-11H2,1-3H3. The van der Waals surface area contributed by atoms with Gasteiger partial charge in [-0.2, -0.15) is 0 Å².